The summed E-state index contributed by atoms with van der Waals surface area (Å²) in [5.74, 6) is -0.346. The Morgan fingerprint density at radius 2 is 1.92 bits per heavy atom. The van der Waals surface area contributed by atoms with Gasteiger partial charge in [-0.2, -0.15) is 0 Å². The van der Waals surface area contributed by atoms with Crippen LogP contribution in [0.15, 0.2) is 21.2 Å². The lowest BCUT2D eigenvalue weighted by Crippen LogP contribution is -2.56. The summed E-state index contributed by atoms with van der Waals surface area (Å²) in [5.41, 5.74) is 0. The minimum absolute atomic E-state index is 0.0594. The van der Waals surface area contributed by atoms with Crippen LogP contribution in [-0.2, 0) is 9.59 Å². The standard InChI is InChI=1S/C17H23BrN4O4/c1-11(16(24)20-12-2-3-12)21-6-8-22(9-7-21)15(23)10-19-17(25)13-4-5-14(18)26-13/h4-5,11-12H,2-3,6-10H2,1H3,(H,19,25)(H,20,24). The molecule has 26 heavy (non-hydrogen) atoms. The molecule has 0 aromatic carbocycles. The van der Waals surface area contributed by atoms with Crippen molar-refractivity contribution in [3.8, 4) is 0 Å². The average Bonchev–Trinajstić information content (AvgIpc) is 3.35. The van der Waals surface area contributed by atoms with Gasteiger partial charge in [-0.1, -0.05) is 0 Å². The summed E-state index contributed by atoms with van der Waals surface area (Å²) in [6.45, 7) is 4.20. The molecule has 0 radical (unpaired) electrons. The summed E-state index contributed by atoms with van der Waals surface area (Å²) in [4.78, 5) is 40.1. The number of carbonyl (C=O) groups excluding carboxylic acids is 3. The Bertz CT molecular complexity index is 680. The lowest BCUT2D eigenvalue weighted by atomic mass is 10.2. The average molecular weight is 427 g/mol. The smallest absolute Gasteiger partial charge is 0.287 e. The van der Waals surface area contributed by atoms with E-state index in [0.29, 0.717) is 36.9 Å². The zero-order valence-electron chi connectivity index (χ0n) is 14.7. The van der Waals surface area contributed by atoms with Crippen LogP contribution >= 0.6 is 15.9 Å². The highest BCUT2D eigenvalue weighted by Crippen LogP contribution is 2.19. The second-order valence-electron chi connectivity index (χ2n) is 6.66. The molecule has 1 aliphatic carbocycles. The van der Waals surface area contributed by atoms with Crippen LogP contribution in [0.1, 0.15) is 30.3 Å². The predicted octanol–water partition coefficient (Wildman–Crippen LogP) is 0.583. The molecule has 2 fully saturated rings. The highest BCUT2D eigenvalue weighted by molar-refractivity contribution is 9.10. The SMILES string of the molecule is CC(C(=O)NC1CC1)N1CCN(C(=O)CNC(=O)c2ccc(Br)o2)CC1. The highest BCUT2D eigenvalue weighted by Gasteiger charge is 2.30. The van der Waals surface area contributed by atoms with Gasteiger partial charge >= 0.3 is 0 Å². The molecule has 2 N–H and O–H groups in total. The molecule has 1 unspecified atom stereocenters. The van der Waals surface area contributed by atoms with E-state index < -0.39 is 5.91 Å². The predicted molar refractivity (Wildman–Crippen MR) is 97.5 cm³/mol. The van der Waals surface area contributed by atoms with Gasteiger partial charge in [-0.05, 0) is 47.8 Å². The van der Waals surface area contributed by atoms with Crippen molar-refractivity contribution in [3.63, 3.8) is 0 Å². The molecule has 8 nitrogen and oxygen atoms in total. The molecule has 0 spiro atoms. The van der Waals surface area contributed by atoms with Crippen molar-refractivity contribution in [2.45, 2.75) is 31.8 Å². The van der Waals surface area contributed by atoms with Crippen LogP contribution in [0, 0.1) is 0 Å². The van der Waals surface area contributed by atoms with Gasteiger partial charge < -0.3 is 20.0 Å². The largest absolute Gasteiger partial charge is 0.444 e. The van der Waals surface area contributed by atoms with Crippen LogP contribution in [0.3, 0.4) is 0 Å². The lowest BCUT2D eigenvalue weighted by molar-refractivity contribution is -0.133. The van der Waals surface area contributed by atoms with Crippen molar-refractivity contribution >= 4 is 33.7 Å². The van der Waals surface area contributed by atoms with E-state index in [1.807, 2.05) is 6.92 Å². The first kappa shape index (κ1) is 18.9. The molecular formula is C17H23BrN4O4. The van der Waals surface area contributed by atoms with E-state index in [1.165, 1.54) is 6.07 Å². The summed E-state index contributed by atoms with van der Waals surface area (Å²) in [7, 11) is 0. The number of halogens is 1. The van der Waals surface area contributed by atoms with Crippen LogP contribution in [0.4, 0.5) is 0 Å². The fourth-order valence-electron chi connectivity index (χ4n) is 2.87. The van der Waals surface area contributed by atoms with Gasteiger partial charge in [0.15, 0.2) is 10.4 Å². The highest BCUT2D eigenvalue weighted by atomic mass is 79.9. The number of piperazine rings is 1. The molecule has 0 bridgehead atoms. The third kappa shape index (κ3) is 4.85. The Kier molecular flexibility index (Phi) is 5.98. The van der Waals surface area contributed by atoms with E-state index in [0.717, 1.165) is 12.8 Å². The van der Waals surface area contributed by atoms with E-state index in [9.17, 15) is 14.4 Å². The molecule has 1 aliphatic heterocycles. The second kappa shape index (κ2) is 8.22. The molecule has 1 aromatic rings. The molecule has 9 heteroatoms. The van der Waals surface area contributed by atoms with E-state index in [2.05, 4.69) is 31.5 Å². The quantitative estimate of drug-likeness (QED) is 0.693. The van der Waals surface area contributed by atoms with Crippen molar-refractivity contribution in [1.29, 1.82) is 0 Å². The molecule has 1 saturated carbocycles. The Morgan fingerprint density at radius 3 is 2.50 bits per heavy atom. The summed E-state index contributed by atoms with van der Waals surface area (Å²) in [6.07, 6.45) is 2.14. The Balaban J connectivity index is 1.40. The second-order valence-corrected chi connectivity index (χ2v) is 7.44. The van der Waals surface area contributed by atoms with Crippen LogP contribution in [0.5, 0.6) is 0 Å². The molecule has 3 rings (SSSR count). The topological polar surface area (TPSA) is 94.9 Å². The van der Waals surface area contributed by atoms with Gasteiger partial charge in [-0.15, -0.1) is 0 Å². The van der Waals surface area contributed by atoms with Crippen molar-refractivity contribution < 1.29 is 18.8 Å². The van der Waals surface area contributed by atoms with Gasteiger partial charge in [-0.25, -0.2) is 0 Å². The molecular weight excluding hydrogens is 404 g/mol. The van der Waals surface area contributed by atoms with Crippen molar-refractivity contribution in [2.24, 2.45) is 0 Å². The number of rotatable bonds is 6. The first-order valence-corrected chi connectivity index (χ1v) is 9.59. The van der Waals surface area contributed by atoms with E-state index in [1.54, 1.807) is 11.0 Å². The molecule has 2 aliphatic rings. The third-order valence-electron chi connectivity index (χ3n) is 4.72. The molecule has 3 amide bonds. The van der Waals surface area contributed by atoms with Gasteiger partial charge in [0.1, 0.15) is 0 Å². The van der Waals surface area contributed by atoms with Gasteiger partial charge in [0.2, 0.25) is 11.8 Å². The van der Waals surface area contributed by atoms with Crippen molar-refractivity contribution in [3.05, 3.63) is 22.6 Å². The van der Waals surface area contributed by atoms with Gasteiger partial charge in [-0.3, -0.25) is 19.3 Å². The minimum atomic E-state index is -0.423. The number of amides is 3. The van der Waals surface area contributed by atoms with Crippen LogP contribution in [0.25, 0.3) is 0 Å². The summed E-state index contributed by atoms with van der Waals surface area (Å²) in [6, 6.07) is 3.32. The van der Waals surface area contributed by atoms with E-state index >= 15 is 0 Å². The number of nitrogens with one attached hydrogen (secondary N) is 2. The zero-order chi connectivity index (χ0) is 18.7. The maximum absolute atomic E-state index is 12.3. The van der Waals surface area contributed by atoms with E-state index in [4.69, 9.17) is 4.42 Å². The van der Waals surface area contributed by atoms with Gasteiger partial charge in [0, 0.05) is 32.2 Å². The maximum Gasteiger partial charge on any atom is 0.287 e. The minimum Gasteiger partial charge on any atom is -0.444 e. The van der Waals surface area contributed by atoms with Crippen molar-refractivity contribution in [1.82, 2.24) is 20.4 Å². The zero-order valence-corrected chi connectivity index (χ0v) is 16.3. The van der Waals surface area contributed by atoms with E-state index in [-0.39, 0.29) is 30.2 Å². The molecule has 2 heterocycles. The van der Waals surface area contributed by atoms with Crippen LogP contribution in [0.2, 0.25) is 0 Å². The molecule has 142 valence electrons. The summed E-state index contributed by atoms with van der Waals surface area (Å²) >= 11 is 3.13. The monoisotopic (exact) mass is 426 g/mol. The van der Waals surface area contributed by atoms with Gasteiger partial charge in [0.05, 0.1) is 12.6 Å². The Hall–Kier alpha value is -1.87. The van der Waals surface area contributed by atoms with Crippen molar-refractivity contribution in [2.75, 3.05) is 32.7 Å². The van der Waals surface area contributed by atoms with Gasteiger partial charge in [0.25, 0.3) is 5.91 Å². The normalized spacial score (nSPS) is 19.1. The van der Waals surface area contributed by atoms with Crippen LogP contribution in [-0.4, -0.2) is 72.3 Å². The number of hydrogen-bond acceptors (Lipinski definition) is 5. The number of hydrogen-bond donors (Lipinski definition) is 2. The Labute approximate surface area is 160 Å². The first-order valence-electron chi connectivity index (χ1n) is 8.80. The number of nitrogens with zero attached hydrogens (tertiary/aromatic N) is 2. The fraction of sp³-hybridized carbons (Fsp3) is 0.588. The number of carbonyl (C=O) groups is 3. The maximum atomic E-state index is 12.3. The third-order valence-corrected chi connectivity index (χ3v) is 5.14. The fourth-order valence-corrected chi connectivity index (χ4v) is 3.17. The Morgan fingerprint density at radius 1 is 1.23 bits per heavy atom. The summed E-state index contributed by atoms with van der Waals surface area (Å²) in [5, 5.41) is 5.58. The van der Waals surface area contributed by atoms with Crippen LogP contribution < -0.4 is 10.6 Å². The number of furan rings is 1. The first-order chi connectivity index (χ1) is 12.4. The molecule has 1 atom stereocenters. The molecule has 1 saturated heterocycles. The summed E-state index contributed by atoms with van der Waals surface area (Å²) < 4.78 is 5.62. The molecule has 1 aromatic heterocycles. The lowest BCUT2D eigenvalue weighted by Gasteiger charge is -2.37.